The lowest BCUT2D eigenvalue weighted by Crippen LogP contribution is -2.47. The van der Waals surface area contributed by atoms with Crippen molar-refractivity contribution in [3.63, 3.8) is 0 Å². The second-order valence-corrected chi connectivity index (χ2v) is 7.51. The number of nitrogens with two attached hydrogens (primary N) is 1. The van der Waals surface area contributed by atoms with Crippen molar-refractivity contribution in [2.75, 3.05) is 26.2 Å². The molecule has 1 aliphatic heterocycles. The van der Waals surface area contributed by atoms with Gasteiger partial charge in [-0.3, -0.25) is 9.79 Å². The number of hydrogen-bond acceptors (Lipinski definition) is 3. The van der Waals surface area contributed by atoms with Crippen molar-refractivity contribution < 1.29 is 4.79 Å². The fraction of sp³-hybridized carbons (Fsp3) is 0.571. The zero-order chi connectivity index (χ0) is 19.9. The van der Waals surface area contributed by atoms with E-state index in [1.807, 2.05) is 6.07 Å². The van der Waals surface area contributed by atoms with E-state index in [0.717, 1.165) is 69.3 Å². The summed E-state index contributed by atoms with van der Waals surface area (Å²) in [5, 5.41) is 3.40. The van der Waals surface area contributed by atoms with Crippen LogP contribution in [0.15, 0.2) is 29.3 Å². The monoisotopic (exact) mass is 384 g/mol. The zero-order valence-corrected chi connectivity index (χ0v) is 17.0. The molecule has 7 heteroatoms. The highest BCUT2D eigenvalue weighted by Crippen LogP contribution is 2.19. The quantitative estimate of drug-likeness (QED) is 0.435. The summed E-state index contributed by atoms with van der Waals surface area (Å²) >= 11 is 0. The smallest absolute Gasteiger partial charge is 0.217 e. The molecule has 1 aromatic carbocycles. The maximum atomic E-state index is 11.3. The number of para-hydroxylation sites is 2. The minimum atomic E-state index is -0.211. The molecule has 3 rings (SSSR count). The standard InChI is InChI=1S/C21H32N6O/c1-3-23-21(26-12-6-8-17(15-26)14-20(22)28)24-11-7-13-27-16(2)25-18-9-4-5-10-19(18)27/h4-5,9-10,17H,3,6-8,11-15H2,1-2H3,(H2,22,28)(H,23,24). The summed E-state index contributed by atoms with van der Waals surface area (Å²) < 4.78 is 2.27. The Morgan fingerprint density at radius 2 is 2.21 bits per heavy atom. The SMILES string of the molecule is CCNC(=NCCCn1c(C)nc2ccccc21)N1CCCC(CC(N)=O)C1. The first kappa shape index (κ1) is 20.2. The number of rotatable bonds is 7. The van der Waals surface area contributed by atoms with E-state index in [2.05, 4.69) is 51.8 Å². The topological polar surface area (TPSA) is 88.5 Å². The molecule has 7 nitrogen and oxygen atoms in total. The van der Waals surface area contributed by atoms with Crippen LogP contribution in [0.5, 0.6) is 0 Å². The van der Waals surface area contributed by atoms with Gasteiger partial charge >= 0.3 is 0 Å². The third kappa shape index (κ3) is 5.03. The predicted octanol–water partition coefficient (Wildman–Crippen LogP) is 2.29. The molecule has 0 saturated carbocycles. The Morgan fingerprint density at radius 1 is 1.39 bits per heavy atom. The third-order valence-electron chi connectivity index (χ3n) is 5.29. The number of guanidine groups is 1. The molecule has 0 radical (unpaired) electrons. The molecule has 1 aromatic heterocycles. The molecule has 152 valence electrons. The van der Waals surface area contributed by atoms with Crippen LogP contribution in [0.2, 0.25) is 0 Å². The van der Waals surface area contributed by atoms with Gasteiger partial charge in [-0.2, -0.15) is 0 Å². The van der Waals surface area contributed by atoms with Gasteiger partial charge in [0.15, 0.2) is 5.96 Å². The normalized spacial score (nSPS) is 17.9. The number of fused-ring (bicyclic) bond motifs is 1. The Kier molecular flexibility index (Phi) is 6.90. The molecule has 1 unspecified atom stereocenters. The number of primary amides is 1. The van der Waals surface area contributed by atoms with E-state index in [9.17, 15) is 4.79 Å². The molecule has 2 aromatic rings. The molecule has 1 fully saturated rings. The summed E-state index contributed by atoms with van der Waals surface area (Å²) in [4.78, 5) is 23.0. The number of imidazole rings is 1. The second kappa shape index (κ2) is 9.57. The van der Waals surface area contributed by atoms with Crippen LogP contribution in [-0.2, 0) is 11.3 Å². The van der Waals surface area contributed by atoms with E-state index in [4.69, 9.17) is 10.7 Å². The Hall–Kier alpha value is -2.57. The number of carbonyl (C=O) groups is 1. The number of piperidine rings is 1. The molecule has 1 atom stereocenters. The first-order valence-electron chi connectivity index (χ1n) is 10.3. The van der Waals surface area contributed by atoms with E-state index in [1.165, 1.54) is 5.52 Å². The van der Waals surface area contributed by atoms with Crippen molar-refractivity contribution >= 4 is 22.9 Å². The summed E-state index contributed by atoms with van der Waals surface area (Å²) in [6.07, 6.45) is 3.55. The van der Waals surface area contributed by atoms with E-state index in [0.29, 0.717) is 12.3 Å². The van der Waals surface area contributed by atoms with Crippen LogP contribution in [-0.4, -0.2) is 52.5 Å². The van der Waals surface area contributed by atoms with Crippen LogP contribution in [0.3, 0.4) is 0 Å². The van der Waals surface area contributed by atoms with Crippen molar-refractivity contribution in [2.45, 2.75) is 46.1 Å². The summed E-state index contributed by atoms with van der Waals surface area (Å²) in [5.41, 5.74) is 7.62. The highest BCUT2D eigenvalue weighted by Gasteiger charge is 2.23. The van der Waals surface area contributed by atoms with Crippen LogP contribution in [0.25, 0.3) is 11.0 Å². The van der Waals surface area contributed by atoms with Gasteiger partial charge in [-0.1, -0.05) is 12.1 Å². The number of nitrogens with one attached hydrogen (secondary N) is 1. The molecule has 1 saturated heterocycles. The first-order valence-corrected chi connectivity index (χ1v) is 10.3. The summed E-state index contributed by atoms with van der Waals surface area (Å²) in [6, 6.07) is 8.25. The summed E-state index contributed by atoms with van der Waals surface area (Å²) in [6.45, 7) is 8.46. The van der Waals surface area contributed by atoms with E-state index in [1.54, 1.807) is 0 Å². The van der Waals surface area contributed by atoms with Gasteiger partial charge in [-0.05, 0) is 51.2 Å². The summed E-state index contributed by atoms with van der Waals surface area (Å²) in [5.74, 6) is 2.11. The second-order valence-electron chi connectivity index (χ2n) is 7.51. The number of nitrogens with zero attached hydrogens (tertiary/aromatic N) is 4. The van der Waals surface area contributed by atoms with Crippen LogP contribution in [0, 0.1) is 12.8 Å². The maximum absolute atomic E-state index is 11.3. The van der Waals surface area contributed by atoms with Gasteiger partial charge < -0.3 is 20.5 Å². The fourth-order valence-electron chi connectivity index (χ4n) is 4.03. The largest absolute Gasteiger partial charge is 0.370 e. The minimum Gasteiger partial charge on any atom is -0.370 e. The molecule has 0 spiro atoms. The number of benzene rings is 1. The molecule has 0 aliphatic carbocycles. The van der Waals surface area contributed by atoms with Gasteiger partial charge in [0.05, 0.1) is 11.0 Å². The average molecular weight is 385 g/mol. The molecule has 0 bridgehead atoms. The van der Waals surface area contributed by atoms with Crippen molar-refractivity contribution in [1.82, 2.24) is 19.8 Å². The summed E-state index contributed by atoms with van der Waals surface area (Å²) in [7, 11) is 0. The average Bonchev–Trinajstić information content (AvgIpc) is 2.99. The van der Waals surface area contributed by atoms with Gasteiger partial charge in [0.25, 0.3) is 0 Å². The molecule has 1 aliphatic rings. The van der Waals surface area contributed by atoms with Crippen LogP contribution in [0.4, 0.5) is 0 Å². The lowest BCUT2D eigenvalue weighted by Gasteiger charge is -2.34. The van der Waals surface area contributed by atoms with Crippen molar-refractivity contribution in [3.05, 3.63) is 30.1 Å². The number of likely N-dealkylation sites (tertiary alicyclic amines) is 1. The lowest BCUT2D eigenvalue weighted by atomic mass is 9.95. The van der Waals surface area contributed by atoms with Crippen molar-refractivity contribution in [1.29, 1.82) is 0 Å². The van der Waals surface area contributed by atoms with E-state index in [-0.39, 0.29) is 5.91 Å². The Balaban J connectivity index is 1.60. The first-order chi connectivity index (χ1) is 13.6. The highest BCUT2D eigenvalue weighted by molar-refractivity contribution is 5.80. The van der Waals surface area contributed by atoms with Crippen LogP contribution >= 0.6 is 0 Å². The van der Waals surface area contributed by atoms with Crippen LogP contribution in [0.1, 0.15) is 38.4 Å². The van der Waals surface area contributed by atoms with E-state index < -0.39 is 0 Å². The molecule has 28 heavy (non-hydrogen) atoms. The maximum Gasteiger partial charge on any atom is 0.217 e. The van der Waals surface area contributed by atoms with Gasteiger partial charge in [0, 0.05) is 39.1 Å². The number of carbonyl (C=O) groups excluding carboxylic acids is 1. The Labute approximate surface area is 167 Å². The van der Waals surface area contributed by atoms with E-state index >= 15 is 0 Å². The molecular weight excluding hydrogens is 352 g/mol. The molecule has 2 heterocycles. The number of aliphatic imine (C=N–C) groups is 1. The number of aromatic nitrogens is 2. The van der Waals surface area contributed by atoms with Gasteiger partial charge in [0.2, 0.25) is 5.91 Å². The Morgan fingerprint density at radius 3 is 3.00 bits per heavy atom. The van der Waals surface area contributed by atoms with Gasteiger partial charge in [0.1, 0.15) is 5.82 Å². The molecular formula is C21H32N6O. The van der Waals surface area contributed by atoms with Crippen LogP contribution < -0.4 is 11.1 Å². The van der Waals surface area contributed by atoms with Crippen molar-refractivity contribution in [2.24, 2.45) is 16.6 Å². The zero-order valence-electron chi connectivity index (χ0n) is 17.0. The molecule has 3 N–H and O–H groups in total. The number of hydrogen-bond donors (Lipinski definition) is 2. The molecule has 1 amide bonds. The highest BCUT2D eigenvalue weighted by atomic mass is 16.1. The van der Waals surface area contributed by atoms with Gasteiger partial charge in [-0.25, -0.2) is 4.98 Å². The number of aryl methyl sites for hydroxylation is 2. The van der Waals surface area contributed by atoms with Gasteiger partial charge in [-0.15, -0.1) is 0 Å². The number of amides is 1. The predicted molar refractivity (Wildman–Crippen MR) is 113 cm³/mol. The fourth-order valence-corrected chi connectivity index (χ4v) is 4.03. The Bertz CT molecular complexity index is 827. The minimum absolute atomic E-state index is 0.211. The van der Waals surface area contributed by atoms with Crippen molar-refractivity contribution in [3.8, 4) is 0 Å². The lowest BCUT2D eigenvalue weighted by molar-refractivity contribution is -0.119. The third-order valence-corrected chi connectivity index (χ3v) is 5.29.